The molecule has 0 unspecified atom stereocenters. The maximum absolute atomic E-state index is 13.0. The van der Waals surface area contributed by atoms with Gasteiger partial charge in [-0.1, -0.05) is 6.07 Å². The lowest BCUT2D eigenvalue weighted by Crippen LogP contribution is -2.12. The van der Waals surface area contributed by atoms with Gasteiger partial charge >= 0.3 is 0 Å². The number of nitro groups is 1. The van der Waals surface area contributed by atoms with Crippen LogP contribution in [0.5, 0.6) is 5.75 Å². The van der Waals surface area contributed by atoms with Crippen molar-refractivity contribution in [2.75, 3.05) is 5.32 Å². The number of non-ortho nitro benzene ring substituents is 1. The first-order valence-electron chi connectivity index (χ1n) is 5.51. The van der Waals surface area contributed by atoms with Gasteiger partial charge < -0.3 is 10.4 Å². The summed E-state index contributed by atoms with van der Waals surface area (Å²) in [7, 11) is 0. The van der Waals surface area contributed by atoms with Crippen molar-refractivity contribution < 1.29 is 19.2 Å². The zero-order valence-corrected chi connectivity index (χ0v) is 10.0. The first-order valence-corrected chi connectivity index (χ1v) is 5.51. The van der Waals surface area contributed by atoms with E-state index in [4.69, 9.17) is 0 Å². The molecule has 0 spiro atoms. The number of nitro benzene ring substituents is 1. The highest BCUT2D eigenvalue weighted by atomic mass is 19.1. The van der Waals surface area contributed by atoms with Crippen LogP contribution in [0, 0.1) is 15.9 Å². The van der Waals surface area contributed by atoms with Crippen LogP contribution in [0.25, 0.3) is 0 Å². The van der Waals surface area contributed by atoms with Gasteiger partial charge in [0.1, 0.15) is 11.6 Å². The molecule has 2 aromatic rings. The van der Waals surface area contributed by atoms with Crippen molar-refractivity contribution in [3.63, 3.8) is 0 Å². The number of hydrogen-bond acceptors (Lipinski definition) is 4. The van der Waals surface area contributed by atoms with Gasteiger partial charge in [0.2, 0.25) is 0 Å². The second-order valence-corrected chi connectivity index (χ2v) is 3.92. The molecule has 7 heteroatoms. The normalized spacial score (nSPS) is 10.1. The molecule has 0 radical (unpaired) electrons. The van der Waals surface area contributed by atoms with E-state index in [9.17, 15) is 24.4 Å². The van der Waals surface area contributed by atoms with Crippen LogP contribution in [-0.2, 0) is 0 Å². The highest BCUT2D eigenvalue weighted by molar-refractivity contribution is 6.05. The maximum atomic E-state index is 13.0. The van der Waals surface area contributed by atoms with Gasteiger partial charge in [0, 0.05) is 23.8 Å². The average Bonchev–Trinajstić information content (AvgIpc) is 2.43. The number of amides is 1. The van der Waals surface area contributed by atoms with Gasteiger partial charge in [0.05, 0.1) is 10.6 Å². The fourth-order valence-corrected chi connectivity index (χ4v) is 1.56. The summed E-state index contributed by atoms with van der Waals surface area (Å²) in [6.07, 6.45) is 0. The van der Waals surface area contributed by atoms with Crippen LogP contribution in [0.15, 0.2) is 42.5 Å². The second kappa shape index (κ2) is 5.35. The molecule has 0 aliphatic rings. The van der Waals surface area contributed by atoms with Gasteiger partial charge in [0.15, 0.2) is 0 Å². The number of phenols is 1. The number of rotatable bonds is 3. The number of nitrogens with one attached hydrogen (secondary N) is 1. The summed E-state index contributed by atoms with van der Waals surface area (Å²) in [6, 6.07) is 8.15. The largest absolute Gasteiger partial charge is 0.506 e. The number of carbonyl (C=O) groups excluding carboxylic acids is 1. The maximum Gasteiger partial charge on any atom is 0.270 e. The van der Waals surface area contributed by atoms with Crippen molar-refractivity contribution in [3.05, 3.63) is 64.0 Å². The third kappa shape index (κ3) is 2.89. The molecular formula is C13H9FN2O4. The number of anilines is 1. The number of nitrogens with zero attached hydrogens (tertiary/aromatic N) is 1. The van der Waals surface area contributed by atoms with E-state index in [1.165, 1.54) is 18.2 Å². The summed E-state index contributed by atoms with van der Waals surface area (Å²) in [6.45, 7) is 0. The minimum atomic E-state index is -0.686. The van der Waals surface area contributed by atoms with Crippen LogP contribution < -0.4 is 5.32 Å². The van der Waals surface area contributed by atoms with Crippen molar-refractivity contribution in [2.45, 2.75) is 0 Å². The molecule has 0 bridgehead atoms. The molecule has 20 heavy (non-hydrogen) atoms. The van der Waals surface area contributed by atoms with E-state index in [2.05, 4.69) is 5.32 Å². The number of hydrogen-bond donors (Lipinski definition) is 2. The summed E-state index contributed by atoms with van der Waals surface area (Å²) < 4.78 is 13.0. The molecule has 2 rings (SSSR count). The fraction of sp³-hybridized carbons (Fsp3) is 0. The number of phenolic OH excluding ortho intramolecular Hbond substituents is 1. The molecule has 0 heterocycles. The van der Waals surface area contributed by atoms with Crippen molar-refractivity contribution in [3.8, 4) is 5.75 Å². The van der Waals surface area contributed by atoms with Gasteiger partial charge in [-0.15, -0.1) is 0 Å². The topological polar surface area (TPSA) is 92.5 Å². The molecule has 2 aromatic carbocycles. The Morgan fingerprint density at radius 3 is 2.70 bits per heavy atom. The summed E-state index contributed by atoms with van der Waals surface area (Å²) in [5.41, 5.74) is -0.314. The van der Waals surface area contributed by atoms with Crippen LogP contribution in [0.4, 0.5) is 15.8 Å². The van der Waals surface area contributed by atoms with Crippen LogP contribution >= 0.6 is 0 Å². The number of aromatic hydroxyl groups is 1. The molecule has 1 amide bonds. The quantitative estimate of drug-likeness (QED) is 0.512. The van der Waals surface area contributed by atoms with Gasteiger partial charge in [-0.05, 0) is 18.2 Å². The number of benzene rings is 2. The third-order valence-corrected chi connectivity index (χ3v) is 2.53. The SMILES string of the molecule is O=C(Nc1cc(F)ccc1O)c1cccc([N+](=O)[O-])c1. The summed E-state index contributed by atoms with van der Waals surface area (Å²) >= 11 is 0. The van der Waals surface area contributed by atoms with Crippen molar-refractivity contribution in [1.82, 2.24) is 0 Å². The molecule has 0 aromatic heterocycles. The minimum absolute atomic E-state index is 0.0304. The molecule has 0 atom stereocenters. The Hall–Kier alpha value is -2.96. The Labute approximate surface area is 112 Å². The van der Waals surface area contributed by atoms with E-state index in [1.807, 2.05) is 0 Å². The second-order valence-electron chi connectivity index (χ2n) is 3.92. The van der Waals surface area contributed by atoms with E-state index in [0.29, 0.717) is 0 Å². The highest BCUT2D eigenvalue weighted by Gasteiger charge is 2.13. The predicted octanol–water partition coefficient (Wildman–Crippen LogP) is 2.69. The molecule has 6 nitrogen and oxygen atoms in total. The van der Waals surface area contributed by atoms with Crippen molar-refractivity contribution in [2.24, 2.45) is 0 Å². The minimum Gasteiger partial charge on any atom is -0.506 e. The summed E-state index contributed by atoms with van der Waals surface area (Å²) in [4.78, 5) is 21.9. The van der Waals surface area contributed by atoms with Crippen LogP contribution in [0.3, 0.4) is 0 Å². The number of carbonyl (C=O) groups is 1. The Morgan fingerprint density at radius 1 is 1.25 bits per heavy atom. The Balaban J connectivity index is 2.26. The molecule has 0 saturated heterocycles. The molecule has 0 fully saturated rings. The summed E-state index contributed by atoms with van der Waals surface area (Å²) in [5.74, 6) is -1.61. The first kappa shape index (κ1) is 13.5. The van der Waals surface area contributed by atoms with Crippen LogP contribution in [0.2, 0.25) is 0 Å². The van der Waals surface area contributed by atoms with E-state index >= 15 is 0 Å². The van der Waals surface area contributed by atoms with E-state index in [-0.39, 0.29) is 22.7 Å². The monoisotopic (exact) mass is 276 g/mol. The lowest BCUT2D eigenvalue weighted by atomic mass is 10.2. The van der Waals surface area contributed by atoms with Gasteiger partial charge in [-0.3, -0.25) is 14.9 Å². The molecule has 102 valence electrons. The van der Waals surface area contributed by atoms with E-state index < -0.39 is 16.6 Å². The highest BCUT2D eigenvalue weighted by Crippen LogP contribution is 2.24. The Bertz CT molecular complexity index is 688. The fourth-order valence-electron chi connectivity index (χ4n) is 1.56. The lowest BCUT2D eigenvalue weighted by molar-refractivity contribution is -0.384. The predicted molar refractivity (Wildman–Crippen MR) is 69.1 cm³/mol. The summed E-state index contributed by atoms with van der Waals surface area (Å²) in [5, 5.41) is 22.4. The van der Waals surface area contributed by atoms with Crippen molar-refractivity contribution in [1.29, 1.82) is 0 Å². The molecule has 0 saturated carbocycles. The standard InChI is InChI=1S/C13H9FN2O4/c14-9-4-5-12(17)11(7-9)15-13(18)8-2-1-3-10(6-8)16(19)20/h1-7,17H,(H,15,18). The molecular weight excluding hydrogens is 267 g/mol. The Kier molecular flexibility index (Phi) is 3.60. The van der Waals surface area contributed by atoms with Crippen LogP contribution in [0.1, 0.15) is 10.4 Å². The lowest BCUT2D eigenvalue weighted by Gasteiger charge is -2.07. The van der Waals surface area contributed by atoms with Crippen molar-refractivity contribution >= 4 is 17.3 Å². The smallest absolute Gasteiger partial charge is 0.270 e. The van der Waals surface area contributed by atoms with E-state index in [1.54, 1.807) is 0 Å². The third-order valence-electron chi connectivity index (χ3n) is 2.53. The first-order chi connectivity index (χ1) is 9.47. The van der Waals surface area contributed by atoms with Gasteiger partial charge in [-0.25, -0.2) is 4.39 Å². The molecule has 0 aliphatic heterocycles. The molecule has 2 N–H and O–H groups in total. The van der Waals surface area contributed by atoms with Crippen LogP contribution in [-0.4, -0.2) is 15.9 Å². The number of halogens is 1. The zero-order valence-electron chi connectivity index (χ0n) is 10.0. The van der Waals surface area contributed by atoms with Gasteiger partial charge in [0.25, 0.3) is 11.6 Å². The molecule has 0 aliphatic carbocycles. The zero-order chi connectivity index (χ0) is 14.7. The Morgan fingerprint density at radius 2 is 2.00 bits per heavy atom. The van der Waals surface area contributed by atoms with E-state index in [0.717, 1.165) is 24.3 Å². The van der Waals surface area contributed by atoms with Gasteiger partial charge in [-0.2, -0.15) is 0 Å². The average molecular weight is 276 g/mol.